The summed E-state index contributed by atoms with van der Waals surface area (Å²) < 4.78 is 11.5. The molecule has 0 unspecified atom stereocenters. The van der Waals surface area contributed by atoms with E-state index < -0.39 is 12.1 Å². The lowest BCUT2D eigenvalue weighted by atomic mass is 10.1. The van der Waals surface area contributed by atoms with Crippen molar-refractivity contribution >= 4 is 35.0 Å². The molecule has 184 valence electrons. The number of hydrogen-bond donors (Lipinski definition) is 2. The first-order chi connectivity index (χ1) is 17.9. The smallest absolute Gasteiger partial charge is 0.352 e. The fourth-order valence-electron chi connectivity index (χ4n) is 3.44. The van der Waals surface area contributed by atoms with E-state index in [1.165, 1.54) is 12.3 Å². The van der Waals surface area contributed by atoms with Gasteiger partial charge >= 0.3 is 5.97 Å². The molecule has 1 amide bonds. The molecule has 3 aromatic carbocycles. The number of nitrogen functional groups attached to an aromatic ring is 1. The van der Waals surface area contributed by atoms with E-state index in [0.29, 0.717) is 22.4 Å². The SMILES string of the molecule is C#Cc1cccc(C(=O)Nc2cccc([C@@H](Oc3cc(Cl)cnc3N)C(=O)OCc3ccccc3)c2)c1. The van der Waals surface area contributed by atoms with Crippen molar-refractivity contribution in [3.8, 4) is 18.1 Å². The average Bonchev–Trinajstić information content (AvgIpc) is 2.93. The number of nitrogens with two attached hydrogens (primary N) is 1. The van der Waals surface area contributed by atoms with Gasteiger partial charge in [-0.15, -0.1) is 6.42 Å². The maximum atomic E-state index is 13.2. The molecule has 7 nitrogen and oxygen atoms in total. The highest BCUT2D eigenvalue weighted by atomic mass is 35.5. The zero-order valence-electron chi connectivity index (χ0n) is 19.6. The number of aromatic nitrogens is 1. The van der Waals surface area contributed by atoms with Gasteiger partial charge in [-0.2, -0.15) is 0 Å². The molecule has 0 spiro atoms. The van der Waals surface area contributed by atoms with Gasteiger partial charge in [-0.05, 0) is 35.9 Å². The zero-order chi connectivity index (χ0) is 26.2. The zero-order valence-corrected chi connectivity index (χ0v) is 20.3. The highest BCUT2D eigenvalue weighted by Gasteiger charge is 2.26. The van der Waals surface area contributed by atoms with Gasteiger partial charge in [-0.3, -0.25) is 4.79 Å². The number of nitrogens with one attached hydrogen (secondary N) is 1. The van der Waals surface area contributed by atoms with Crippen molar-refractivity contribution in [1.29, 1.82) is 0 Å². The van der Waals surface area contributed by atoms with Gasteiger partial charge in [0.2, 0.25) is 6.10 Å². The van der Waals surface area contributed by atoms with E-state index in [-0.39, 0.29) is 29.1 Å². The van der Waals surface area contributed by atoms with Gasteiger partial charge in [0.05, 0.1) is 5.02 Å². The Morgan fingerprint density at radius 2 is 1.81 bits per heavy atom. The largest absolute Gasteiger partial charge is 0.470 e. The van der Waals surface area contributed by atoms with E-state index >= 15 is 0 Å². The summed E-state index contributed by atoms with van der Waals surface area (Å²) in [6, 6.07) is 24.1. The first-order valence-electron chi connectivity index (χ1n) is 11.2. The highest BCUT2D eigenvalue weighted by molar-refractivity contribution is 6.30. The van der Waals surface area contributed by atoms with Crippen LogP contribution in [0.4, 0.5) is 11.5 Å². The third-order valence-electron chi connectivity index (χ3n) is 5.27. The van der Waals surface area contributed by atoms with E-state index in [1.807, 2.05) is 30.3 Å². The summed E-state index contributed by atoms with van der Waals surface area (Å²) in [5.41, 5.74) is 8.61. The van der Waals surface area contributed by atoms with Crippen molar-refractivity contribution in [2.45, 2.75) is 12.7 Å². The molecule has 1 atom stereocenters. The van der Waals surface area contributed by atoms with Crippen LogP contribution in [0.25, 0.3) is 0 Å². The van der Waals surface area contributed by atoms with Crippen LogP contribution in [0, 0.1) is 12.3 Å². The van der Waals surface area contributed by atoms with E-state index in [1.54, 1.807) is 48.5 Å². The molecule has 0 saturated heterocycles. The number of hydrogen-bond acceptors (Lipinski definition) is 6. The van der Waals surface area contributed by atoms with Crippen molar-refractivity contribution in [1.82, 2.24) is 4.98 Å². The lowest BCUT2D eigenvalue weighted by Gasteiger charge is -2.20. The number of amides is 1. The van der Waals surface area contributed by atoms with Crippen LogP contribution < -0.4 is 15.8 Å². The van der Waals surface area contributed by atoms with Crippen LogP contribution in [0.3, 0.4) is 0 Å². The van der Waals surface area contributed by atoms with Gasteiger partial charge in [0.25, 0.3) is 5.91 Å². The molecule has 4 aromatic rings. The van der Waals surface area contributed by atoms with Crippen LogP contribution in [0.15, 0.2) is 91.1 Å². The van der Waals surface area contributed by atoms with Crippen molar-refractivity contribution in [3.05, 3.63) is 118 Å². The molecule has 0 fully saturated rings. The van der Waals surface area contributed by atoms with Gasteiger partial charge in [0, 0.05) is 34.6 Å². The van der Waals surface area contributed by atoms with Crippen molar-refractivity contribution in [2.75, 3.05) is 11.1 Å². The molecular formula is C29H22ClN3O4. The highest BCUT2D eigenvalue weighted by Crippen LogP contribution is 2.30. The summed E-state index contributed by atoms with van der Waals surface area (Å²) in [6.45, 7) is 0.0464. The third-order valence-corrected chi connectivity index (χ3v) is 5.48. The number of anilines is 2. The van der Waals surface area contributed by atoms with Crippen molar-refractivity contribution in [3.63, 3.8) is 0 Å². The van der Waals surface area contributed by atoms with E-state index in [2.05, 4.69) is 16.2 Å². The average molecular weight is 512 g/mol. The summed E-state index contributed by atoms with van der Waals surface area (Å²) in [5, 5.41) is 3.10. The molecule has 4 rings (SSSR count). The van der Waals surface area contributed by atoms with Crippen molar-refractivity contribution < 1.29 is 19.1 Å². The van der Waals surface area contributed by atoms with Crippen LogP contribution in [0.5, 0.6) is 5.75 Å². The Balaban J connectivity index is 1.60. The minimum absolute atomic E-state index is 0.0464. The summed E-state index contributed by atoms with van der Waals surface area (Å²) in [7, 11) is 0. The first kappa shape index (κ1) is 25.3. The summed E-state index contributed by atoms with van der Waals surface area (Å²) in [5.74, 6) is 1.67. The first-order valence-corrected chi connectivity index (χ1v) is 11.6. The number of halogens is 1. The molecule has 0 saturated carbocycles. The molecule has 0 bridgehead atoms. The standard InChI is InChI=1S/C29H22ClN3O4/c1-2-19-10-6-12-22(14-19)28(34)33-24-13-7-11-21(15-24)26(37-25-16-23(30)17-32-27(25)31)29(35)36-18-20-8-4-3-5-9-20/h1,3-17,26H,18H2,(H2,31,32)(H,33,34)/t26-/m1/s1. The van der Waals surface area contributed by atoms with Crippen LogP contribution in [0.1, 0.15) is 33.2 Å². The maximum Gasteiger partial charge on any atom is 0.352 e. The van der Waals surface area contributed by atoms with Gasteiger partial charge in [0.15, 0.2) is 11.6 Å². The van der Waals surface area contributed by atoms with Gasteiger partial charge in [-0.1, -0.05) is 66.1 Å². The number of ether oxygens (including phenoxy) is 2. The number of nitrogens with zero attached hydrogens (tertiary/aromatic N) is 1. The minimum Gasteiger partial charge on any atom is -0.470 e. The van der Waals surface area contributed by atoms with Gasteiger partial charge in [-0.25, -0.2) is 9.78 Å². The quantitative estimate of drug-likeness (QED) is 0.242. The number of rotatable bonds is 8. The molecule has 3 N–H and O–H groups in total. The second-order valence-corrected chi connectivity index (χ2v) is 8.37. The number of pyridine rings is 1. The molecule has 0 aliphatic rings. The monoisotopic (exact) mass is 511 g/mol. The van der Waals surface area contributed by atoms with E-state index in [0.717, 1.165) is 5.56 Å². The fraction of sp³-hybridized carbons (Fsp3) is 0.0690. The molecule has 0 aliphatic heterocycles. The van der Waals surface area contributed by atoms with Crippen LogP contribution in [-0.4, -0.2) is 16.9 Å². The molecule has 0 aliphatic carbocycles. The number of terminal acetylenes is 1. The summed E-state index contributed by atoms with van der Waals surface area (Å²) >= 11 is 6.06. The topological polar surface area (TPSA) is 104 Å². The lowest BCUT2D eigenvalue weighted by Crippen LogP contribution is -2.22. The molecule has 37 heavy (non-hydrogen) atoms. The minimum atomic E-state index is -1.21. The van der Waals surface area contributed by atoms with E-state index in [9.17, 15) is 9.59 Å². The third kappa shape index (κ3) is 6.66. The van der Waals surface area contributed by atoms with Crippen LogP contribution in [0.2, 0.25) is 5.02 Å². The molecule has 1 aromatic heterocycles. The number of carbonyl (C=O) groups excluding carboxylic acids is 2. The van der Waals surface area contributed by atoms with E-state index in [4.69, 9.17) is 33.2 Å². The Hall–Kier alpha value is -4.80. The molecule has 1 heterocycles. The van der Waals surface area contributed by atoms with Gasteiger partial charge in [0.1, 0.15) is 6.61 Å². The predicted molar refractivity (Wildman–Crippen MR) is 142 cm³/mol. The van der Waals surface area contributed by atoms with Crippen molar-refractivity contribution in [2.24, 2.45) is 0 Å². The predicted octanol–water partition coefficient (Wildman–Crippen LogP) is 5.41. The molecule has 8 heteroatoms. The Morgan fingerprint density at radius 3 is 2.59 bits per heavy atom. The Kier molecular flexibility index (Phi) is 8.04. The van der Waals surface area contributed by atoms with Crippen LogP contribution in [-0.2, 0) is 16.1 Å². The summed E-state index contributed by atoms with van der Waals surface area (Å²) in [6.07, 6.45) is 5.59. The number of carbonyl (C=O) groups is 2. The second-order valence-electron chi connectivity index (χ2n) is 7.93. The Bertz CT molecular complexity index is 1470. The van der Waals surface area contributed by atoms with Crippen LogP contribution >= 0.6 is 11.6 Å². The fourth-order valence-corrected chi connectivity index (χ4v) is 3.59. The Labute approximate surface area is 219 Å². The maximum absolute atomic E-state index is 13.2. The molecule has 0 radical (unpaired) electrons. The summed E-state index contributed by atoms with van der Waals surface area (Å²) in [4.78, 5) is 30.0. The lowest BCUT2D eigenvalue weighted by molar-refractivity contribution is -0.153. The second kappa shape index (κ2) is 11.8. The van der Waals surface area contributed by atoms with Gasteiger partial charge < -0.3 is 20.5 Å². The number of esters is 1. The number of benzene rings is 3. The normalized spacial score (nSPS) is 11.1. The Morgan fingerprint density at radius 1 is 1.03 bits per heavy atom. The molecular weight excluding hydrogens is 490 g/mol.